The summed E-state index contributed by atoms with van der Waals surface area (Å²) in [6.07, 6.45) is 2.56. The first kappa shape index (κ1) is 19.6. The fourth-order valence-electron chi connectivity index (χ4n) is 4.01. The summed E-state index contributed by atoms with van der Waals surface area (Å²) >= 11 is 3.44. The summed E-state index contributed by atoms with van der Waals surface area (Å²) in [5.74, 6) is 0.569. The molecule has 1 atom stereocenters. The van der Waals surface area contributed by atoms with Gasteiger partial charge in [0, 0.05) is 35.7 Å². The van der Waals surface area contributed by atoms with Gasteiger partial charge in [0.2, 0.25) is 15.9 Å². The highest BCUT2D eigenvalue weighted by Crippen LogP contribution is 2.41. The van der Waals surface area contributed by atoms with E-state index in [-0.39, 0.29) is 16.8 Å². The maximum absolute atomic E-state index is 13.5. The number of halogens is 1. The molecule has 0 radical (unpaired) electrons. The summed E-state index contributed by atoms with van der Waals surface area (Å²) in [5.41, 5.74) is 2.41. The van der Waals surface area contributed by atoms with E-state index < -0.39 is 10.0 Å². The summed E-state index contributed by atoms with van der Waals surface area (Å²) in [7, 11) is -3.77. The summed E-state index contributed by atoms with van der Waals surface area (Å²) in [4.78, 5) is 14.1. The van der Waals surface area contributed by atoms with Crippen LogP contribution in [-0.2, 0) is 21.2 Å². The topological polar surface area (TPSA) is 83.7 Å². The van der Waals surface area contributed by atoms with Crippen LogP contribution < -0.4 is 4.90 Å². The number of hydrogen-bond acceptors (Lipinski definition) is 5. The zero-order chi connectivity index (χ0) is 20.1. The lowest BCUT2D eigenvalue weighted by molar-refractivity contribution is -0.118. The summed E-state index contributed by atoms with van der Waals surface area (Å²) < 4.78 is 34.4. The predicted molar refractivity (Wildman–Crippen MR) is 108 cm³/mol. The van der Waals surface area contributed by atoms with Crippen LogP contribution in [0.1, 0.15) is 49.2 Å². The molecule has 150 valence electrons. The first-order valence-electron chi connectivity index (χ1n) is 9.40. The van der Waals surface area contributed by atoms with Gasteiger partial charge in [-0.15, -0.1) is 0 Å². The molecule has 0 saturated carbocycles. The normalized spacial score (nSPS) is 20.0. The van der Waals surface area contributed by atoms with Gasteiger partial charge in [0.25, 0.3) is 0 Å². The number of carbonyl (C=O) groups is 1. The van der Waals surface area contributed by atoms with Crippen LogP contribution in [0.4, 0.5) is 5.69 Å². The molecular formula is C19H22BrN3O4S. The minimum atomic E-state index is -3.77. The molecule has 1 aromatic carbocycles. The van der Waals surface area contributed by atoms with Crippen molar-refractivity contribution in [3.8, 4) is 0 Å². The Morgan fingerprint density at radius 3 is 2.79 bits per heavy atom. The van der Waals surface area contributed by atoms with E-state index in [4.69, 9.17) is 4.52 Å². The van der Waals surface area contributed by atoms with Crippen LogP contribution in [0.3, 0.4) is 0 Å². The number of aryl methyl sites for hydroxylation is 1. The minimum Gasteiger partial charge on any atom is -0.359 e. The Kier molecular flexibility index (Phi) is 5.09. The minimum absolute atomic E-state index is 0.000560. The molecule has 2 aromatic rings. The monoisotopic (exact) mass is 467 g/mol. The second-order valence-electron chi connectivity index (χ2n) is 7.20. The van der Waals surface area contributed by atoms with Crippen molar-refractivity contribution in [3.05, 3.63) is 39.7 Å². The fraction of sp³-hybridized carbons (Fsp3) is 0.474. The van der Waals surface area contributed by atoms with Gasteiger partial charge < -0.3 is 9.42 Å². The van der Waals surface area contributed by atoms with Crippen molar-refractivity contribution >= 4 is 37.5 Å². The van der Waals surface area contributed by atoms with Gasteiger partial charge >= 0.3 is 0 Å². The average molecular weight is 468 g/mol. The van der Waals surface area contributed by atoms with Crippen molar-refractivity contribution in [1.82, 2.24) is 9.46 Å². The quantitative estimate of drug-likeness (QED) is 0.685. The predicted octanol–water partition coefficient (Wildman–Crippen LogP) is 3.57. The van der Waals surface area contributed by atoms with Crippen LogP contribution >= 0.6 is 15.9 Å². The number of sulfonamides is 1. The van der Waals surface area contributed by atoms with Crippen LogP contribution in [0.25, 0.3) is 0 Å². The number of rotatable bonds is 4. The molecule has 0 bridgehead atoms. The smallest absolute Gasteiger partial charge is 0.244 e. The summed E-state index contributed by atoms with van der Waals surface area (Å²) in [6.45, 7) is 4.64. The van der Waals surface area contributed by atoms with Gasteiger partial charge in [-0.05, 0) is 59.8 Å². The van der Waals surface area contributed by atoms with Crippen molar-refractivity contribution in [2.45, 2.75) is 50.5 Å². The molecule has 28 heavy (non-hydrogen) atoms. The number of hydrogen-bond donors (Lipinski definition) is 0. The highest BCUT2D eigenvalue weighted by molar-refractivity contribution is 9.10. The van der Waals surface area contributed by atoms with Crippen molar-refractivity contribution < 1.29 is 17.7 Å². The first-order chi connectivity index (χ1) is 13.3. The largest absolute Gasteiger partial charge is 0.359 e. The lowest BCUT2D eigenvalue weighted by Gasteiger charge is -2.24. The summed E-state index contributed by atoms with van der Waals surface area (Å²) in [5, 5.41) is 3.90. The van der Waals surface area contributed by atoms with E-state index in [1.54, 1.807) is 17.0 Å². The Bertz CT molecular complexity index is 1030. The number of fused-ring (bicyclic) bond motifs is 1. The average Bonchev–Trinajstić information content (AvgIpc) is 3.38. The maximum atomic E-state index is 13.5. The number of carbonyl (C=O) groups excluding carboxylic acids is 1. The molecule has 0 unspecified atom stereocenters. The third-order valence-electron chi connectivity index (χ3n) is 5.40. The van der Waals surface area contributed by atoms with Crippen LogP contribution in [0, 0.1) is 6.92 Å². The number of amides is 1. The third-order valence-corrected chi connectivity index (χ3v) is 8.26. The standard InChI is InChI=1S/C19H22BrN3O4S/c1-3-19(24)22-8-6-13-10-14(20)18(11-16(13)22)28(25,26)23-7-4-5-15(23)17-9-12(2)21-27-17/h9-11,15H,3-8H2,1-2H3/t15-/m0/s1. The molecule has 0 spiro atoms. The molecule has 2 aliphatic rings. The third kappa shape index (κ3) is 3.19. The molecule has 0 aliphatic carbocycles. The lowest BCUT2D eigenvalue weighted by Crippen LogP contribution is -2.31. The lowest BCUT2D eigenvalue weighted by atomic mass is 10.2. The van der Waals surface area contributed by atoms with E-state index in [1.165, 1.54) is 4.31 Å². The van der Waals surface area contributed by atoms with Gasteiger partial charge in [0.1, 0.15) is 0 Å². The second-order valence-corrected chi connectivity index (χ2v) is 9.92. The molecule has 2 aliphatic heterocycles. The van der Waals surface area contributed by atoms with Gasteiger partial charge in [0.15, 0.2) is 5.76 Å². The molecule has 4 rings (SSSR count). The van der Waals surface area contributed by atoms with Crippen LogP contribution in [0.15, 0.2) is 32.1 Å². The van der Waals surface area contributed by atoms with Crippen molar-refractivity contribution in [1.29, 1.82) is 0 Å². The van der Waals surface area contributed by atoms with Crippen LogP contribution in [0.5, 0.6) is 0 Å². The van der Waals surface area contributed by atoms with E-state index in [2.05, 4.69) is 21.1 Å². The highest BCUT2D eigenvalue weighted by Gasteiger charge is 2.40. The summed E-state index contributed by atoms with van der Waals surface area (Å²) in [6, 6.07) is 4.89. The van der Waals surface area contributed by atoms with Gasteiger partial charge in [-0.1, -0.05) is 12.1 Å². The number of aromatic nitrogens is 1. The molecule has 3 heterocycles. The molecule has 0 N–H and O–H groups in total. The maximum Gasteiger partial charge on any atom is 0.244 e. The molecular weight excluding hydrogens is 446 g/mol. The second kappa shape index (κ2) is 7.27. The first-order valence-corrected chi connectivity index (χ1v) is 11.6. The Balaban J connectivity index is 1.74. The van der Waals surface area contributed by atoms with Gasteiger partial charge in [-0.25, -0.2) is 8.42 Å². The SMILES string of the molecule is CCC(=O)N1CCc2cc(Br)c(S(=O)(=O)N3CCC[C@H]3c3cc(C)no3)cc21. The van der Waals surface area contributed by atoms with Crippen LogP contribution in [0.2, 0.25) is 0 Å². The van der Waals surface area contributed by atoms with E-state index in [0.717, 1.165) is 24.1 Å². The fourth-order valence-corrected chi connectivity index (χ4v) is 6.75. The van der Waals surface area contributed by atoms with Crippen molar-refractivity contribution in [3.63, 3.8) is 0 Å². The van der Waals surface area contributed by atoms with E-state index in [1.807, 2.05) is 19.9 Å². The highest BCUT2D eigenvalue weighted by atomic mass is 79.9. The number of anilines is 1. The molecule has 1 fully saturated rings. The van der Waals surface area contributed by atoms with Crippen molar-refractivity contribution in [2.24, 2.45) is 0 Å². The van der Waals surface area contributed by atoms with E-state index in [0.29, 0.717) is 41.9 Å². The van der Waals surface area contributed by atoms with Crippen LogP contribution in [-0.4, -0.2) is 36.9 Å². The van der Waals surface area contributed by atoms with E-state index >= 15 is 0 Å². The Morgan fingerprint density at radius 1 is 1.32 bits per heavy atom. The Morgan fingerprint density at radius 2 is 2.11 bits per heavy atom. The van der Waals surface area contributed by atoms with Gasteiger partial charge in [-0.2, -0.15) is 4.31 Å². The molecule has 1 amide bonds. The zero-order valence-corrected chi connectivity index (χ0v) is 18.2. The number of benzene rings is 1. The van der Waals surface area contributed by atoms with E-state index in [9.17, 15) is 13.2 Å². The molecule has 1 aromatic heterocycles. The van der Waals surface area contributed by atoms with Gasteiger partial charge in [0.05, 0.1) is 16.6 Å². The Hall–Kier alpha value is -1.71. The molecule has 1 saturated heterocycles. The van der Waals surface area contributed by atoms with Gasteiger partial charge in [-0.3, -0.25) is 4.79 Å². The zero-order valence-electron chi connectivity index (χ0n) is 15.8. The number of nitrogens with zero attached hydrogens (tertiary/aromatic N) is 3. The molecule has 9 heteroatoms. The molecule has 7 nitrogen and oxygen atoms in total. The van der Waals surface area contributed by atoms with Crippen molar-refractivity contribution in [2.75, 3.05) is 18.0 Å². The Labute approximate surface area is 172 Å².